The lowest BCUT2D eigenvalue weighted by Gasteiger charge is -2.37. The van der Waals surface area contributed by atoms with E-state index in [1.54, 1.807) is 0 Å². The highest BCUT2D eigenvalue weighted by Gasteiger charge is 2.81. The molecular formula is C8H8F6. The van der Waals surface area contributed by atoms with Crippen molar-refractivity contribution in [1.29, 1.82) is 0 Å². The van der Waals surface area contributed by atoms with Crippen LogP contribution in [0.25, 0.3) is 0 Å². The lowest BCUT2D eigenvalue weighted by molar-refractivity contribution is -0.317. The van der Waals surface area contributed by atoms with E-state index in [1.165, 1.54) is 0 Å². The summed E-state index contributed by atoms with van der Waals surface area (Å²) in [7, 11) is 0. The average Bonchev–Trinajstić information content (AvgIpc) is 2.52. The summed E-state index contributed by atoms with van der Waals surface area (Å²) in [5.74, 6) is -7.23. The standard InChI is InChI=1S/C8H8F6/c9-6(8(12,13)14)4-1-2-5(3-4)7(6,10)11/h4-5H,1-3H2. The largest absolute Gasteiger partial charge is 0.428 e. The van der Waals surface area contributed by atoms with Crippen LogP contribution < -0.4 is 0 Å². The van der Waals surface area contributed by atoms with Gasteiger partial charge in [0.15, 0.2) is 0 Å². The number of halogens is 6. The molecule has 0 saturated heterocycles. The Morgan fingerprint density at radius 1 is 0.929 bits per heavy atom. The Morgan fingerprint density at radius 3 is 1.71 bits per heavy atom. The van der Waals surface area contributed by atoms with Crippen LogP contribution >= 0.6 is 0 Å². The molecule has 2 fully saturated rings. The number of hydrogen-bond acceptors (Lipinski definition) is 0. The molecule has 14 heavy (non-hydrogen) atoms. The topological polar surface area (TPSA) is 0 Å². The molecule has 2 aliphatic rings. The molecule has 2 saturated carbocycles. The number of hydrogen-bond donors (Lipinski definition) is 0. The van der Waals surface area contributed by atoms with E-state index in [0.29, 0.717) is 0 Å². The minimum absolute atomic E-state index is 0.000579. The first kappa shape index (κ1) is 10.1. The highest BCUT2D eigenvalue weighted by molar-refractivity contribution is 5.16. The Morgan fingerprint density at radius 2 is 1.43 bits per heavy atom. The second-order valence-electron chi connectivity index (χ2n) is 4.04. The third-order valence-corrected chi connectivity index (χ3v) is 3.41. The van der Waals surface area contributed by atoms with Gasteiger partial charge in [0.05, 0.1) is 0 Å². The second-order valence-corrected chi connectivity index (χ2v) is 4.04. The quantitative estimate of drug-likeness (QED) is 0.547. The molecule has 2 aliphatic carbocycles. The number of alkyl halides is 6. The summed E-state index contributed by atoms with van der Waals surface area (Å²) in [6.07, 6.45) is -5.89. The van der Waals surface area contributed by atoms with Gasteiger partial charge in [0.25, 0.3) is 11.6 Å². The van der Waals surface area contributed by atoms with Crippen LogP contribution in [-0.4, -0.2) is 17.8 Å². The van der Waals surface area contributed by atoms with E-state index in [0.717, 1.165) is 0 Å². The van der Waals surface area contributed by atoms with Crippen LogP contribution in [0.3, 0.4) is 0 Å². The first-order chi connectivity index (χ1) is 6.21. The van der Waals surface area contributed by atoms with Gasteiger partial charge in [0.2, 0.25) is 0 Å². The van der Waals surface area contributed by atoms with Gasteiger partial charge in [0, 0.05) is 11.8 Å². The molecule has 2 bridgehead atoms. The number of rotatable bonds is 0. The summed E-state index contributed by atoms with van der Waals surface area (Å²) in [6.45, 7) is 0. The van der Waals surface area contributed by atoms with E-state index in [4.69, 9.17) is 0 Å². The van der Waals surface area contributed by atoms with E-state index in [-0.39, 0.29) is 19.3 Å². The summed E-state index contributed by atoms with van der Waals surface area (Å²) in [4.78, 5) is 0. The number of fused-ring (bicyclic) bond motifs is 2. The van der Waals surface area contributed by atoms with Crippen molar-refractivity contribution in [3.05, 3.63) is 0 Å². The Hall–Kier alpha value is -0.420. The van der Waals surface area contributed by atoms with E-state index >= 15 is 0 Å². The predicted molar refractivity (Wildman–Crippen MR) is 35.7 cm³/mol. The van der Waals surface area contributed by atoms with Gasteiger partial charge in [0.1, 0.15) is 0 Å². The monoisotopic (exact) mass is 218 g/mol. The Labute approximate surface area is 76.3 Å². The van der Waals surface area contributed by atoms with Crippen LogP contribution in [0.1, 0.15) is 19.3 Å². The van der Waals surface area contributed by atoms with Crippen LogP contribution in [0, 0.1) is 11.8 Å². The minimum atomic E-state index is -5.46. The van der Waals surface area contributed by atoms with Crippen molar-refractivity contribution in [2.75, 3.05) is 0 Å². The first-order valence-corrected chi connectivity index (χ1v) is 4.34. The van der Waals surface area contributed by atoms with Gasteiger partial charge in [-0.25, -0.2) is 13.2 Å². The molecule has 0 amide bonds. The van der Waals surface area contributed by atoms with Crippen molar-refractivity contribution in [3.8, 4) is 0 Å². The molecule has 3 atom stereocenters. The smallest absolute Gasteiger partial charge is 0.227 e. The molecule has 2 rings (SSSR count). The van der Waals surface area contributed by atoms with Crippen molar-refractivity contribution < 1.29 is 26.3 Å². The lowest BCUT2D eigenvalue weighted by Crippen LogP contribution is -2.58. The molecule has 0 aromatic heterocycles. The van der Waals surface area contributed by atoms with Crippen LogP contribution in [0.5, 0.6) is 0 Å². The normalized spacial score (nSPS) is 45.9. The van der Waals surface area contributed by atoms with E-state index in [1.807, 2.05) is 0 Å². The van der Waals surface area contributed by atoms with Gasteiger partial charge in [-0.3, -0.25) is 0 Å². The van der Waals surface area contributed by atoms with Crippen molar-refractivity contribution >= 4 is 0 Å². The molecule has 0 spiro atoms. The van der Waals surface area contributed by atoms with Crippen LogP contribution in [-0.2, 0) is 0 Å². The summed E-state index contributed by atoms with van der Waals surface area (Å²) in [5.41, 5.74) is -4.29. The molecule has 3 unspecified atom stereocenters. The zero-order valence-corrected chi connectivity index (χ0v) is 7.04. The molecule has 0 aromatic rings. The Bertz CT molecular complexity index is 257. The van der Waals surface area contributed by atoms with Crippen molar-refractivity contribution in [2.24, 2.45) is 11.8 Å². The molecule has 0 heterocycles. The molecule has 0 radical (unpaired) electrons. The predicted octanol–water partition coefficient (Wildman–Crippen LogP) is 3.32. The van der Waals surface area contributed by atoms with Gasteiger partial charge in [-0.05, 0) is 19.3 Å². The summed E-state index contributed by atoms with van der Waals surface area (Å²) < 4.78 is 76.3. The minimum Gasteiger partial charge on any atom is -0.227 e. The fourth-order valence-electron chi connectivity index (χ4n) is 2.66. The van der Waals surface area contributed by atoms with Crippen LogP contribution in [0.15, 0.2) is 0 Å². The van der Waals surface area contributed by atoms with Gasteiger partial charge < -0.3 is 0 Å². The fraction of sp³-hybridized carbons (Fsp3) is 1.00. The van der Waals surface area contributed by atoms with E-state index in [2.05, 4.69) is 0 Å². The van der Waals surface area contributed by atoms with Gasteiger partial charge in [-0.1, -0.05) is 0 Å². The summed E-state index contributed by atoms with van der Waals surface area (Å²) >= 11 is 0. The zero-order valence-electron chi connectivity index (χ0n) is 7.04. The van der Waals surface area contributed by atoms with Crippen molar-refractivity contribution in [3.63, 3.8) is 0 Å². The fourth-order valence-corrected chi connectivity index (χ4v) is 2.66. The third-order valence-electron chi connectivity index (χ3n) is 3.41. The summed E-state index contributed by atoms with van der Waals surface area (Å²) in [5, 5.41) is 0. The zero-order chi connectivity index (χ0) is 10.8. The molecule has 0 N–H and O–H groups in total. The lowest BCUT2D eigenvalue weighted by atomic mass is 9.82. The van der Waals surface area contributed by atoms with Crippen LogP contribution in [0.4, 0.5) is 26.3 Å². The van der Waals surface area contributed by atoms with Gasteiger partial charge >= 0.3 is 6.18 Å². The SMILES string of the molecule is FC(F)(F)C1(F)C2CCC(C2)C1(F)F. The first-order valence-electron chi connectivity index (χ1n) is 4.34. The maximum Gasteiger partial charge on any atom is 0.428 e. The van der Waals surface area contributed by atoms with Crippen LogP contribution in [0.2, 0.25) is 0 Å². The molecule has 6 heteroatoms. The highest BCUT2D eigenvalue weighted by Crippen LogP contribution is 2.66. The molecule has 82 valence electrons. The highest BCUT2D eigenvalue weighted by atomic mass is 19.4. The van der Waals surface area contributed by atoms with E-state index in [9.17, 15) is 26.3 Å². The maximum atomic E-state index is 13.4. The Balaban J connectivity index is 2.44. The Kier molecular flexibility index (Phi) is 1.72. The molecule has 0 aromatic carbocycles. The third kappa shape index (κ3) is 0.871. The molecule has 0 aliphatic heterocycles. The second kappa shape index (κ2) is 2.39. The van der Waals surface area contributed by atoms with Crippen molar-refractivity contribution in [1.82, 2.24) is 0 Å². The maximum absolute atomic E-state index is 13.4. The van der Waals surface area contributed by atoms with Gasteiger partial charge in [-0.15, -0.1) is 0 Å². The average molecular weight is 218 g/mol. The summed E-state index contributed by atoms with van der Waals surface area (Å²) in [6, 6.07) is 0. The molecule has 0 nitrogen and oxygen atoms in total. The van der Waals surface area contributed by atoms with Gasteiger partial charge in [-0.2, -0.15) is 13.2 Å². The van der Waals surface area contributed by atoms with E-state index < -0.39 is 29.6 Å². The van der Waals surface area contributed by atoms with Crippen molar-refractivity contribution in [2.45, 2.75) is 37.0 Å². The molecular weight excluding hydrogens is 210 g/mol.